The Morgan fingerprint density at radius 1 is 1.27 bits per heavy atom. The van der Waals surface area contributed by atoms with E-state index in [1.807, 2.05) is 42.1 Å². The van der Waals surface area contributed by atoms with E-state index < -0.39 is 36.4 Å². The second-order valence-electron chi connectivity index (χ2n) is 6.02. The standard InChI is InChI=1S/C18H23N3O5/c1-3-26-18(25)14(20-13(17(23)24)9-16(19)22)8-11-10-21(2)15-7-5-4-6-12(11)15/h4-7,10,13-14,20H,3,8-9H2,1-2H3,(H2,19,22)(H,23,24)/t13-,14+/m0/s1. The minimum Gasteiger partial charge on any atom is -0.480 e. The fraction of sp³-hybridized carbons (Fsp3) is 0.389. The van der Waals surface area contributed by atoms with Crippen LogP contribution >= 0.6 is 0 Å². The predicted octanol–water partition coefficient (Wildman–Crippen LogP) is 0.571. The summed E-state index contributed by atoms with van der Waals surface area (Å²) in [6.07, 6.45) is 1.70. The van der Waals surface area contributed by atoms with E-state index in [4.69, 9.17) is 10.5 Å². The Hall–Kier alpha value is -2.87. The molecule has 1 aromatic heterocycles. The lowest BCUT2D eigenvalue weighted by molar-refractivity contribution is -0.147. The molecular weight excluding hydrogens is 338 g/mol. The number of carbonyl (C=O) groups is 3. The van der Waals surface area contributed by atoms with Crippen molar-refractivity contribution in [2.45, 2.75) is 31.8 Å². The van der Waals surface area contributed by atoms with Crippen LogP contribution < -0.4 is 11.1 Å². The first-order valence-electron chi connectivity index (χ1n) is 8.30. The minimum atomic E-state index is -1.27. The molecule has 0 radical (unpaired) electrons. The minimum absolute atomic E-state index is 0.167. The van der Waals surface area contributed by atoms with Crippen molar-refractivity contribution in [3.05, 3.63) is 36.0 Å². The highest BCUT2D eigenvalue weighted by atomic mass is 16.5. The molecule has 1 heterocycles. The number of nitrogens with one attached hydrogen (secondary N) is 1. The summed E-state index contributed by atoms with van der Waals surface area (Å²) in [7, 11) is 1.89. The molecule has 1 aromatic carbocycles. The number of para-hydroxylation sites is 1. The molecule has 8 heteroatoms. The number of esters is 1. The number of fused-ring (bicyclic) bond motifs is 1. The van der Waals surface area contributed by atoms with E-state index in [2.05, 4.69) is 5.32 Å². The van der Waals surface area contributed by atoms with Crippen LogP contribution in [0.1, 0.15) is 18.9 Å². The van der Waals surface area contributed by atoms with Crippen LogP contribution in [0, 0.1) is 0 Å². The highest BCUT2D eigenvalue weighted by molar-refractivity contribution is 5.86. The molecule has 26 heavy (non-hydrogen) atoms. The van der Waals surface area contributed by atoms with E-state index in [-0.39, 0.29) is 13.0 Å². The average Bonchev–Trinajstić information content (AvgIpc) is 2.89. The largest absolute Gasteiger partial charge is 0.480 e. The molecule has 0 aliphatic rings. The van der Waals surface area contributed by atoms with E-state index in [0.717, 1.165) is 16.5 Å². The van der Waals surface area contributed by atoms with Crippen molar-refractivity contribution in [3.8, 4) is 0 Å². The third kappa shape index (κ3) is 4.60. The Labute approximate surface area is 150 Å². The number of nitrogens with zero attached hydrogens (tertiary/aromatic N) is 1. The number of benzene rings is 1. The van der Waals surface area contributed by atoms with Crippen molar-refractivity contribution in [2.24, 2.45) is 12.8 Å². The van der Waals surface area contributed by atoms with Crippen LogP contribution in [0.4, 0.5) is 0 Å². The van der Waals surface area contributed by atoms with Gasteiger partial charge in [0.1, 0.15) is 12.1 Å². The predicted molar refractivity (Wildman–Crippen MR) is 95.4 cm³/mol. The van der Waals surface area contributed by atoms with Gasteiger partial charge in [-0.3, -0.25) is 19.7 Å². The van der Waals surface area contributed by atoms with E-state index >= 15 is 0 Å². The zero-order valence-corrected chi connectivity index (χ0v) is 14.8. The molecule has 2 aromatic rings. The first-order chi connectivity index (χ1) is 12.3. The number of primary amides is 1. The third-order valence-electron chi connectivity index (χ3n) is 4.08. The molecule has 0 aliphatic carbocycles. The van der Waals surface area contributed by atoms with Crippen molar-refractivity contribution in [2.75, 3.05) is 6.61 Å². The molecule has 0 saturated heterocycles. The van der Waals surface area contributed by atoms with Gasteiger partial charge in [0, 0.05) is 30.6 Å². The lowest BCUT2D eigenvalue weighted by Crippen LogP contribution is -2.50. The molecule has 1 amide bonds. The molecule has 2 rings (SSSR count). The van der Waals surface area contributed by atoms with Crippen LogP contribution in [0.2, 0.25) is 0 Å². The average molecular weight is 361 g/mol. The van der Waals surface area contributed by atoms with Gasteiger partial charge in [0.25, 0.3) is 0 Å². The van der Waals surface area contributed by atoms with Crippen molar-refractivity contribution in [1.29, 1.82) is 0 Å². The summed E-state index contributed by atoms with van der Waals surface area (Å²) in [6.45, 7) is 1.84. The first-order valence-corrected chi connectivity index (χ1v) is 8.30. The number of aromatic nitrogens is 1. The van der Waals surface area contributed by atoms with Crippen molar-refractivity contribution in [1.82, 2.24) is 9.88 Å². The molecule has 0 bridgehead atoms. The topological polar surface area (TPSA) is 124 Å². The number of hydrogen-bond acceptors (Lipinski definition) is 5. The van der Waals surface area contributed by atoms with Gasteiger partial charge in [-0.25, -0.2) is 0 Å². The summed E-state index contributed by atoms with van der Waals surface area (Å²) >= 11 is 0. The summed E-state index contributed by atoms with van der Waals surface area (Å²) in [5.74, 6) is -2.59. The van der Waals surface area contributed by atoms with Crippen LogP contribution in [-0.4, -0.2) is 46.2 Å². The van der Waals surface area contributed by atoms with Gasteiger partial charge in [0.05, 0.1) is 13.0 Å². The fourth-order valence-corrected chi connectivity index (χ4v) is 2.92. The molecule has 140 valence electrons. The number of hydrogen-bond donors (Lipinski definition) is 3. The number of nitrogens with two attached hydrogens (primary N) is 1. The zero-order chi connectivity index (χ0) is 19.3. The lowest BCUT2D eigenvalue weighted by Gasteiger charge is -2.21. The fourth-order valence-electron chi connectivity index (χ4n) is 2.92. The number of aryl methyl sites for hydroxylation is 1. The third-order valence-corrected chi connectivity index (χ3v) is 4.08. The second kappa shape index (κ2) is 8.48. The normalized spacial score (nSPS) is 13.3. The van der Waals surface area contributed by atoms with Crippen LogP contribution in [0.5, 0.6) is 0 Å². The van der Waals surface area contributed by atoms with Gasteiger partial charge in [-0.05, 0) is 18.6 Å². The number of carbonyl (C=O) groups excluding carboxylic acids is 2. The van der Waals surface area contributed by atoms with Gasteiger partial charge in [0.15, 0.2) is 0 Å². The molecule has 2 atom stereocenters. The van der Waals surface area contributed by atoms with Gasteiger partial charge in [-0.1, -0.05) is 18.2 Å². The Kier molecular flexibility index (Phi) is 6.35. The van der Waals surface area contributed by atoms with Gasteiger partial charge >= 0.3 is 11.9 Å². The monoisotopic (exact) mass is 361 g/mol. The summed E-state index contributed by atoms with van der Waals surface area (Å²) in [5, 5.41) is 13.0. The summed E-state index contributed by atoms with van der Waals surface area (Å²) in [5.41, 5.74) is 6.98. The van der Waals surface area contributed by atoms with Crippen molar-refractivity contribution in [3.63, 3.8) is 0 Å². The Morgan fingerprint density at radius 2 is 1.96 bits per heavy atom. The smallest absolute Gasteiger partial charge is 0.323 e. The maximum absolute atomic E-state index is 12.3. The highest BCUT2D eigenvalue weighted by Crippen LogP contribution is 2.22. The second-order valence-corrected chi connectivity index (χ2v) is 6.02. The maximum atomic E-state index is 12.3. The number of carboxylic acids is 1. The van der Waals surface area contributed by atoms with Crippen molar-refractivity contribution < 1.29 is 24.2 Å². The van der Waals surface area contributed by atoms with Crippen LogP contribution in [0.25, 0.3) is 10.9 Å². The number of ether oxygens (including phenoxy) is 1. The number of amides is 1. The summed E-state index contributed by atoms with van der Waals surface area (Å²) < 4.78 is 7.00. The number of carboxylic acid groups (broad SMARTS) is 1. The Bertz CT molecular complexity index is 814. The summed E-state index contributed by atoms with van der Waals surface area (Å²) in [6, 6.07) is 5.52. The Morgan fingerprint density at radius 3 is 2.58 bits per heavy atom. The van der Waals surface area contributed by atoms with Crippen LogP contribution in [0.3, 0.4) is 0 Å². The van der Waals surface area contributed by atoms with E-state index in [9.17, 15) is 19.5 Å². The van der Waals surface area contributed by atoms with Crippen LogP contribution in [-0.2, 0) is 32.6 Å². The van der Waals surface area contributed by atoms with E-state index in [0.29, 0.717) is 0 Å². The summed E-state index contributed by atoms with van der Waals surface area (Å²) in [4.78, 5) is 34.9. The molecule has 0 spiro atoms. The molecule has 4 N–H and O–H groups in total. The van der Waals surface area contributed by atoms with Gasteiger partial charge < -0.3 is 20.1 Å². The van der Waals surface area contributed by atoms with Crippen LogP contribution in [0.15, 0.2) is 30.5 Å². The quantitative estimate of drug-likeness (QED) is 0.561. The lowest BCUT2D eigenvalue weighted by atomic mass is 10.0. The van der Waals surface area contributed by atoms with Gasteiger partial charge in [-0.15, -0.1) is 0 Å². The van der Waals surface area contributed by atoms with Gasteiger partial charge in [-0.2, -0.15) is 0 Å². The molecule has 8 nitrogen and oxygen atoms in total. The molecular formula is C18H23N3O5. The van der Waals surface area contributed by atoms with E-state index in [1.54, 1.807) is 6.92 Å². The number of rotatable bonds is 9. The first kappa shape index (κ1) is 19.5. The SMILES string of the molecule is CCOC(=O)[C@@H](Cc1cn(C)c2ccccc12)N[C@@H](CC(N)=O)C(=O)O. The van der Waals surface area contributed by atoms with Crippen molar-refractivity contribution >= 4 is 28.7 Å². The van der Waals surface area contributed by atoms with E-state index in [1.165, 1.54) is 0 Å². The molecule has 0 fully saturated rings. The molecule has 0 saturated carbocycles. The maximum Gasteiger partial charge on any atom is 0.323 e. The van der Waals surface area contributed by atoms with Gasteiger partial charge in [0.2, 0.25) is 5.91 Å². The Balaban J connectivity index is 2.30. The number of aliphatic carboxylic acids is 1. The zero-order valence-electron chi connectivity index (χ0n) is 14.8. The molecule has 0 unspecified atom stereocenters. The molecule has 0 aliphatic heterocycles. The highest BCUT2D eigenvalue weighted by Gasteiger charge is 2.29.